The maximum atomic E-state index is 12.4. The van der Waals surface area contributed by atoms with Gasteiger partial charge in [0.15, 0.2) is 11.5 Å². The Morgan fingerprint density at radius 1 is 1.00 bits per heavy atom. The van der Waals surface area contributed by atoms with Gasteiger partial charge in [0.1, 0.15) is 13.2 Å². The van der Waals surface area contributed by atoms with Gasteiger partial charge in [0, 0.05) is 18.7 Å². The molecule has 0 atom stereocenters. The summed E-state index contributed by atoms with van der Waals surface area (Å²) in [6.07, 6.45) is 4.59. The lowest BCUT2D eigenvalue weighted by Gasteiger charge is -2.26. The van der Waals surface area contributed by atoms with Crippen molar-refractivity contribution in [3.8, 4) is 11.5 Å². The third-order valence-electron chi connectivity index (χ3n) is 5.43. The van der Waals surface area contributed by atoms with Crippen molar-refractivity contribution in [2.45, 2.75) is 32.2 Å². The van der Waals surface area contributed by atoms with Gasteiger partial charge in [-0.1, -0.05) is 30.2 Å². The van der Waals surface area contributed by atoms with Crippen molar-refractivity contribution in [2.75, 3.05) is 32.8 Å². The van der Waals surface area contributed by atoms with Gasteiger partial charge in [-0.15, -0.1) is 0 Å². The number of halogens is 1. The number of hydrogen-bond donors (Lipinski definition) is 1. The standard InChI is InChI=1S/C23H27ClN2O3/c24-20-14-18(15-21-22(20)29-13-12-28-21)8-9-25-23(27)19-6-4-17(5-7-19)16-26-10-2-1-3-11-26/h4-7,14-15H,1-3,8-13,16H2,(H,25,27). The summed E-state index contributed by atoms with van der Waals surface area (Å²) in [4.78, 5) is 14.9. The smallest absolute Gasteiger partial charge is 0.251 e. The summed E-state index contributed by atoms with van der Waals surface area (Å²) < 4.78 is 11.1. The quantitative estimate of drug-likeness (QED) is 0.774. The number of nitrogens with one attached hydrogen (secondary N) is 1. The number of carbonyl (C=O) groups excluding carboxylic acids is 1. The van der Waals surface area contributed by atoms with Crippen LogP contribution in [0.3, 0.4) is 0 Å². The molecule has 1 saturated heterocycles. The highest BCUT2D eigenvalue weighted by atomic mass is 35.5. The number of hydrogen-bond acceptors (Lipinski definition) is 4. The van der Waals surface area contributed by atoms with Gasteiger partial charge in [0.25, 0.3) is 5.91 Å². The molecule has 4 rings (SSSR count). The molecule has 2 aromatic rings. The summed E-state index contributed by atoms with van der Waals surface area (Å²) in [5, 5.41) is 3.53. The van der Waals surface area contributed by atoms with Gasteiger partial charge in [-0.3, -0.25) is 9.69 Å². The number of piperidine rings is 1. The van der Waals surface area contributed by atoms with Crippen molar-refractivity contribution in [1.82, 2.24) is 10.2 Å². The summed E-state index contributed by atoms with van der Waals surface area (Å²) in [6, 6.07) is 11.7. The molecule has 2 heterocycles. The van der Waals surface area contributed by atoms with E-state index in [0.29, 0.717) is 48.3 Å². The van der Waals surface area contributed by atoms with Crippen LogP contribution in [0.15, 0.2) is 36.4 Å². The van der Waals surface area contributed by atoms with E-state index in [-0.39, 0.29) is 5.91 Å². The Labute approximate surface area is 176 Å². The molecule has 0 bridgehead atoms. The highest BCUT2D eigenvalue weighted by molar-refractivity contribution is 6.32. The normalized spacial score (nSPS) is 16.4. The second-order valence-electron chi connectivity index (χ2n) is 7.64. The Bertz CT molecular complexity index is 848. The molecule has 5 nitrogen and oxygen atoms in total. The first-order valence-electron chi connectivity index (χ1n) is 10.4. The largest absolute Gasteiger partial charge is 0.486 e. The van der Waals surface area contributed by atoms with E-state index in [2.05, 4.69) is 22.3 Å². The van der Waals surface area contributed by atoms with Gasteiger partial charge in [0.2, 0.25) is 0 Å². The van der Waals surface area contributed by atoms with Crippen LogP contribution in [0.5, 0.6) is 11.5 Å². The molecule has 29 heavy (non-hydrogen) atoms. The minimum absolute atomic E-state index is 0.0573. The third-order valence-corrected chi connectivity index (χ3v) is 5.71. The van der Waals surface area contributed by atoms with Crippen LogP contribution in [0.4, 0.5) is 0 Å². The third kappa shape index (κ3) is 5.22. The molecule has 6 heteroatoms. The van der Waals surface area contributed by atoms with Crippen LogP contribution in [0.25, 0.3) is 0 Å². The van der Waals surface area contributed by atoms with Crippen molar-refractivity contribution in [2.24, 2.45) is 0 Å². The summed E-state index contributed by atoms with van der Waals surface area (Å²) >= 11 is 6.27. The van der Waals surface area contributed by atoms with E-state index in [1.807, 2.05) is 24.3 Å². The number of carbonyl (C=O) groups is 1. The van der Waals surface area contributed by atoms with Crippen molar-refractivity contribution in [3.05, 3.63) is 58.1 Å². The Hall–Kier alpha value is -2.24. The number of amides is 1. The minimum Gasteiger partial charge on any atom is -0.486 e. The van der Waals surface area contributed by atoms with Crippen LogP contribution in [0.2, 0.25) is 5.02 Å². The first kappa shape index (κ1) is 20.0. The SMILES string of the molecule is O=C(NCCc1cc(Cl)c2c(c1)OCCO2)c1ccc(CN2CCCCC2)cc1. The van der Waals surface area contributed by atoms with Crippen LogP contribution in [0.1, 0.15) is 40.7 Å². The molecule has 2 aliphatic rings. The lowest BCUT2D eigenvalue weighted by molar-refractivity contribution is 0.0954. The van der Waals surface area contributed by atoms with E-state index in [1.165, 1.54) is 37.9 Å². The van der Waals surface area contributed by atoms with E-state index in [1.54, 1.807) is 0 Å². The first-order chi connectivity index (χ1) is 14.2. The van der Waals surface area contributed by atoms with Crippen LogP contribution < -0.4 is 14.8 Å². The number of likely N-dealkylation sites (tertiary alicyclic amines) is 1. The lowest BCUT2D eigenvalue weighted by Crippen LogP contribution is -2.29. The molecule has 0 saturated carbocycles. The predicted molar refractivity (Wildman–Crippen MR) is 114 cm³/mol. The first-order valence-corrected chi connectivity index (χ1v) is 10.7. The van der Waals surface area contributed by atoms with Gasteiger partial charge in [-0.2, -0.15) is 0 Å². The molecule has 1 amide bonds. The van der Waals surface area contributed by atoms with Gasteiger partial charge in [-0.25, -0.2) is 0 Å². The molecule has 154 valence electrons. The van der Waals surface area contributed by atoms with Crippen molar-refractivity contribution in [3.63, 3.8) is 0 Å². The molecule has 1 fully saturated rings. The van der Waals surface area contributed by atoms with Crippen LogP contribution >= 0.6 is 11.6 Å². The summed E-state index contributed by atoms with van der Waals surface area (Å²) in [6.45, 7) is 4.88. The summed E-state index contributed by atoms with van der Waals surface area (Å²) in [7, 11) is 0. The molecule has 0 aromatic heterocycles. The molecule has 0 radical (unpaired) electrons. The van der Waals surface area contributed by atoms with Crippen LogP contribution in [0, 0.1) is 0 Å². The molecule has 2 aromatic carbocycles. The Morgan fingerprint density at radius 3 is 2.55 bits per heavy atom. The fraction of sp³-hybridized carbons (Fsp3) is 0.435. The second kappa shape index (κ2) is 9.51. The van der Waals surface area contributed by atoms with Crippen molar-refractivity contribution in [1.29, 1.82) is 0 Å². The molecule has 0 aliphatic carbocycles. The molecule has 2 aliphatic heterocycles. The average molecular weight is 415 g/mol. The van der Waals surface area contributed by atoms with E-state index >= 15 is 0 Å². The zero-order valence-electron chi connectivity index (χ0n) is 16.6. The molecular weight excluding hydrogens is 388 g/mol. The topological polar surface area (TPSA) is 50.8 Å². The minimum atomic E-state index is -0.0573. The van der Waals surface area contributed by atoms with Crippen molar-refractivity contribution >= 4 is 17.5 Å². The number of benzene rings is 2. The highest BCUT2D eigenvalue weighted by Crippen LogP contribution is 2.38. The van der Waals surface area contributed by atoms with E-state index in [4.69, 9.17) is 21.1 Å². The zero-order valence-corrected chi connectivity index (χ0v) is 17.3. The number of ether oxygens (including phenoxy) is 2. The number of fused-ring (bicyclic) bond motifs is 1. The number of nitrogens with zero attached hydrogens (tertiary/aromatic N) is 1. The van der Waals surface area contributed by atoms with Gasteiger partial charge in [-0.05, 0) is 67.7 Å². The maximum absolute atomic E-state index is 12.4. The lowest BCUT2D eigenvalue weighted by atomic mass is 10.1. The molecule has 0 spiro atoms. The number of rotatable bonds is 6. The van der Waals surface area contributed by atoms with Gasteiger partial charge in [0.05, 0.1) is 5.02 Å². The van der Waals surface area contributed by atoms with Gasteiger partial charge >= 0.3 is 0 Å². The maximum Gasteiger partial charge on any atom is 0.251 e. The summed E-state index contributed by atoms with van der Waals surface area (Å²) in [5.41, 5.74) is 2.96. The van der Waals surface area contributed by atoms with Crippen molar-refractivity contribution < 1.29 is 14.3 Å². The van der Waals surface area contributed by atoms with E-state index in [0.717, 1.165) is 12.1 Å². The van der Waals surface area contributed by atoms with E-state index in [9.17, 15) is 4.79 Å². The summed E-state index contributed by atoms with van der Waals surface area (Å²) in [5.74, 6) is 1.22. The zero-order chi connectivity index (χ0) is 20.1. The highest BCUT2D eigenvalue weighted by Gasteiger charge is 2.17. The predicted octanol–water partition coefficient (Wildman–Crippen LogP) is 4.07. The Morgan fingerprint density at radius 2 is 1.76 bits per heavy atom. The van der Waals surface area contributed by atoms with Gasteiger partial charge < -0.3 is 14.8 Å². The monoisotopic (exact) mass is 414 g/mol. The second-order valence-corrected chi connectivity index (χ2v) is 8.05. The van der Waals surface area contributed by atoms with E-state index < -0.39 is 0 Å². The van der Waals surface area contributed by atoms with Crippen LogP contribution in [-0.4, -0.2) is 43.7 Å². The Kier molecular flexibility index (Phi) is 6.57. The molecule has 1 N–H and O–H groups in total. The molecule has 0 unspecified atom stereocenters. The fourth-order valence-electron chi connectivity index (χ4n) is 3.87. The average Bonchev–Trinajstić information content (AvgIpc) is 2.75. The fourth-order valence-corrected chi connectivity index (χ4v) is 4.16. The Balaban J connectivity index is 1.28. The molecular formula is C23H27ClN2O3. The van der Waals surface area contributed by atoms with Crippen LogP contribution in [-0.2, 0) is 13.0 Å².